The maximum absolute atomic E-state index is 12.9. The van der Waals surface area contributed by atoms with Crippen LogP contribution < -0.4 is 26.2 Å². The van der Waals surface area contributed by atoms with Crippen molar-refractivity contribution in [2.24, 2.45) is 0 Å². The highest BCUT2D eigenvalue weighted by molar-refractivity contribution is 6.04. The monoisotopic (exact) mass is 450 g/mol. The van der Waals surface area contributed by atoms with Gasteiger partial charge in [-0.25, -0.2) is 0 Å². The van der Waals surface area contributed by atoms with Crippen molar-refractivity contribution in [1.29, 1.82) is 0 Å². The van der Waals surface area contributed by atoms with E-state index in [2.05, 4.69) is 25.9 Å². The maximum Gasteiger partial charge on any atom is 0.271 e. The number of methoxy groups -OCH3 is 1. The van der Waals surface area contributed by atoms with Crippen LogP contribution in [0.2, 0.25) is 0 Å². The Bertz CT molecular complexity index is 1300. The van der Waals surface area contributed by atoms with Crippen LogP contribution in [0.15, 0.2) is 53.3 Å². The SMILES string of the molecule is COc1ccc(Nc2nc3c(c(=O)[nH]2)[C@H](C(=O)Nc2cccc([N+](=O)[O-])c2)CC(=O)N3)cc1. The third kappa shape index (κ3) is 4.63. The molecule has 0 fully saturated rings. The Morgan fingerprint density at radius 2 is 1.94 bits per heavy atom. The Morgan fingerprint density at radius 1 is 1.18 bits per heavy atom. The van der Waals surface area contributed by atoms with Gasteiger partial charge >= 0.3 is 0 Å². The molecular formula is C21H18N6O6. The summed E-state index contributed by atoms with van der Waals surface area (Å²) in [6, 6.07) is 12.2. The molecule has 0 aliphatic carbocycles. The van der Waals surface area contributed by atoms with Gasteiger partial charge in [-0.1, -0.05) is 6.07 Å². The zero-order chi connectivity index (χ0) is 23.5. The van der Waals surface area contributed by atoms with Crippen LogP contribution in [0.5, 0.6) is 5.75 Å². The predicted octanol–water partition coefficient (Wildman–Crippen LogP) is 2.49. The fourth-order valence-corrected chi connectivity index (χ4v) is 3.39. The number of ether oxygens (including phenoxy) is 1. The highest BCUT2D eigenvalue weighted by Gasteiger charge is 2.35. The normalized spacial score (nSPS) is 14.6. The summed E-state index contributed by atoms with van der Waals surface area (Å²) in [4.78, 5) is 55.1. The van der Waals surface area contributed by atoms with Crippen LogP contribution >= 0.6 is 0 Å². The van der Waals surface area contributed by atoms with E-state index in [0.29, 0.717) is 11.4 Å². The number of nitrogens with one attached hydrogen (secondary N) is 4. The molecule has 1 atom stereocenters. The van der Waals surface area contributed by atoms with E-state index >= 15 is 0 Å². The van der Waals surface area contributed by atoms with Gasteiger partial charge in [0.15, 0.2) is 0 Å². The average molecular weight is 450 g/mol. The molecule has 1 aliphatic heterocycles. The minimum Gasteiger partial charge on any atom is -0.497 e. The van der Waals surface area contributed by atoms with E-state index in [1.54, 1.807) is 31.4 Å². The number of aromatic amines is 1. The summed E-state index contributed by atoms with van der Waals surface area (Å²) < 4.78 is 5.10. The summed E-state index contributed by atoms with van der Waals surface area (Å²) in [5.74, 6) is -1.59. The van der Waals surface area contributed by atoms with E-state index in [9.17, 15) is 24.5 Å². The Balaban J connectivity index is 1.60. The topological polar surface area (TPSA) is 168 Å². The second-order valence-electron chi connectivity index (χ2n) is 7.13. The number of hydrogen-bond acceptors (Lipinski definition) is 8. The molecule has 0 spiro atoms. The Labute approximate surface area is 186 Å². The lowest BCUT2D eigenvalue weighted by molar-refractivity contribution is -0.384. The van der Waals surface area contributed by atoms with Crippen molar-refractivity contribution in [2.75, 3.05) is 23.1 Å². The van der Waals surface area contributed by atoms with Crippen molar-refractivity contribution in [3.8, 4) is 5.75 Å². The Kier molecular flexibility index (Phi) is 5.72. The van der Waals surface area contributed by atoms with Crippen LogP contribution in [0, 0.1) is 10.1 Å². The van der Waals surface area contributed by atoms with Crippen molar-refractivity contribution in [2.45, 2.75) is 12.3 Å². The summed E-state index contributed by atoms with van der Waals surface area (Å²) >= 11 is 0. The lowest BCUT2D eigenvalue weighted by Gasteiger charge is -2.23. The number of hydrogen-bond donors (Lipinski definition) is 4. The van der Waals surface area contributed by atoms with Gasteiger partial charge in [-0.2, -0.15) is 4.98 Å². The number of nitro benzene ring substituents is 1. The van der Waals surface area contributed by atoms with Crippen molar-refractivity contribution < 1.29 is 19.2 Å². The molecule has 0 radical (unpaired) electrons. The third-order valence-corrected chi connectivity index (χ3v) is 4.94. The first-order valence-electron chi connectivity index (χ1n) is 9.74. The number of benzene rings is 2. The summed E-state index contributed by atoms with van der Waals surface area (Å²) in [7, 11) is 1.54. The second kappa shape index (κ2) is 8.78. The van der Waals surface area contributed by atoms with Gasteiger partial charge in [0.1, 0.15) is 11.6 Å². The van der Waals surface area contributed by atoms with E-state index in [1.807, 2.05) is 0 Å². The van der Waals surface area contributed by atoms with E-state index in [1.165, 1.54) is 24.3 Å². The van der Waals surface area contributed by atoms with Gasteiger partial charge in [-0.15, -0.1) is 0 Å². The van der Waals surface area contributed by atoms with Gasteiger partial charge < -0.3 is 20.7 Å². The van der Waals surface area contributed by atoms with Crippen LogP contribution in [-0.2, 0) is 9.59 Å². The fourth-order valence-electron chi connectivity index (χ4n) is 3.39. The number of non-ortho nitro benzene ring substituents is 1. The van der Waals surface area contributed by atoms with Gasteiger partial charge in [0, 0.05) is 29.9 Å². The summed E-state index contributed by atoms with van der Waals surface area (Å²) in [6.45, 7) is 0. The first-order valence-corrected chi connectivity index (χ1v) is 9.74. The standard InChI is InChI=1S/C21H18N6O6/c1-33-14-7-5-11(6-8-14)23-21-25-18-17(20(30)26-21)15(10-16(28)24-18)19(29)22-12-3-2-4-13(9-12)27(31)32/h2-9,15H,10H2,1H3,(H,22,29)(H3,23,24,25,26,28,30)/t15-/m1/s1. The first-order chi connectivity index (χ1) is 15.8. The minimum absolute atomic E-state index is 0.00203. The Hall–Kier alpha value is -4.74. The molecule has 12 heteroatoms. The van der Waals surface area contributed by atoms with Gasteiger partial charge in [0.25, 0.3) is 11.2 Å². The molecule has 1 aliphatic rings. The average Bonchev–Trinajstić information content (AvgIpc) is 2.79. The van der Waals surface area contributed by atoms with Gasteiger partial charge in [-0.3, -0.25) is 29.5 Å². The van der Waals surface area contributed by atoms with Crippen molar-refractivity contribution in [3.05, 3.63) is 74.6 Å². The molecule has 12 nitrogen and oxygen atoms in total. The van der Waals surface area contributed by atoms with E-state index in [-0.39, 0.29) is 35.1 Å². The molecule has 1 aromatic heterocycles. The van der Waals surface area contributed by atoms with Crippen LogP contribution in [-0.4, -0.2) is 33.8 Å². The fraction of sp³-hybridized carbons (Fsp3) is 0.143. The van der Waals surface area contributed by atoms with Crippen LogP contribution in [0.3, 0.4) is 0 Å². The van der Waals surface area contributed by atoms with Gasteiger partial charge in [0.05, 0.1) is 23.5 Å². The number of rotatable bonds is 6. The van der Waals surface area contributed by atoms with Gasteiger partial charge in [-0.05, 0) is 30.3 Å². The highest BCUT2D eigenvalue weighted by Crippen LogP contribution is 2.30. The molecule has 3 aromatic rings. The largest absolute Gasteiger partial charge is 0.497 e. The predicted molar refractivity (Wildman–Crippen MR) is 119 cm³/mol. The Morgan fingerprint density at radius 3 is 2.64 bits per heavy atom. The number of nitrogens with zero attached hydrogens (tertiary/aromatic N) is 2. The highest BCUT2D eigenvalue weighted by atomic mass is 16.6. The molecule has 4 N–H and O–H groups in total. The number of fused-ring (bicyclic) bond motifs is 1. The number of nitro groups is 1. The van der Waals surface area contributed by atoms with E-state index in [0.717, 1.165) is 0 Å². The van der Waals surface area contributed by atoms with E-state index < -0.39 is 28.2 Å². The molecule has 0 saturated carbocycles. The minimum atomic E-state index is -1.13. The zero-order valence-electron chi connectivity index (χ0n) is 17.2. The lowest BCUT2D eigenvalue weighted by atomic mass is 9.92. The molecular weight excluding hydrogens is 432 g/mol. The number of H-pyrrole nitrogens is 1. The molecule has 33 heavy (non-hydrogen) atoms. The molecule has 0 bridgehead atoms. The smallest absolute Gasteiger partial charge is 0.271 e. The third-order valence-electron chi connectivity index (χ3n) is 4.94. The molecule has 0 unspecified atom stereocenters. The molecule has 4 rings (SSSR count). The maximum atomic E-state index is 12.9. The summed E-state index contributed by atoms with van der Waals surface area (Å²) in [5.41, 5.74) is -0.0266. The van der Waals surface area contributed by atoms with Crippen LogP contribution in [0.4, 0.5) is 28.8 Å². The summed E-state index contributed by atoms with van der Waals surface area (Å²) in [5, 5.41) is 18.9. The van der Waals surface area contributed by atoms with Gasteiger partial charge in [0.2, 0.25) is 17.8 Å². The van der Waals surface area contributed by atoms with Crippen LogP contribution in [0.1, 0.15) is 17.9 Å². The van der Waals surface area contributed by atoms with Crippen molar-refractivity contribution in [1.82, 2.24) is 9.97 Å². The van der Waals surface area contributed by atoms with Crippen LogP contribution in [0.25, 0.3) is 0 Å². The quantitative estimate of drug-likeness (QED) is 0.328. The molecule has 2 amide bonds. The molecule has 0 saturated heterocycles. The molecule has 2 heterocycles. The lowest BCUT2D eigenvalue weighted by Crippen LogP contribution is -2.36. The number of amides is 2. The number of aromatic nitrogens is 2. The first kappa shape index (κ1) is 21.5. The van der Waals surface area contributed by atoms with Crippen molar-refractivity contribution >= 4 is 40.6 Å². The van der Waals surface area contributed by atoms with Crippen molar-refractivity contribution in [3.63, 3.8) is 0 Å². The number of carbonyl (C=O) groups is 2. The number of anilines is 4. The number of carbonyl (C=O) groups excluding carboxylic acids is 2. The zero-order valence-corrected chi connectivity index (χ0v) is 17.2. The molecule has 168 valence electrons. The summed E-state index contributed by atoms with van der Waals surface area (Å²) in [6.07, 6.45) is -0.274. The molecule has 2 aromatic carbocycles. The second-order valence-corrected chi connectivity index (χ2v) is 7.13. The van der Waals surface area contributed by atoms with E-state index in [4.69, 9.17) is 4.74 Å².